The van der Waals surface area contributed by atoms with E-state index in [0.29, 0.717) is 27.8 Å². The molecule has 0 bridgehead atoms. The van der Waals surface area contributed by atoms with Crippen LogP contribution in [0, 0.1) is 6.92 Å². The lowest BCUT2D eigenvalue weighted by molar-refractivity contribution is 0.102. The van der Waals surface area contributed by atoms with Gasteiger partial charge in [-0.1, -0.05) is 23.7 Å². The number of benzene rings is 2. The number of thiazole rings is 1. The average Bonchev–Trinajstić information content (AvgIpc) is 3.24. The molecule has 2 heterocycles. The number of rotatable bonds is 3. The number of carbonyl (C=O) groups is 1. The van der Waals surface area contributed by atoms with E-state index in [4.69, 9.17) is 21.1 Å². The Balaban J connectivity index is 1.58. The number of ether oxygens (including phenoxy) is 2. The Morgan fingerprint density at radius 3 is 2.96 bits per heavy atom. The van der Waals surface area contributed by atoms with Gasteiger partial charge in [0, 0.05) is 22.2 Å². The molecule has 0 spiro atoms. The topological polar surface area (TPSA) is 60.5 Å². The van der Waals surface area contributed by atoms with Gasteiger partial charge in [-0.2, -0.15) is 0 Å². The van der Waals surface area contributed by atoms with Gasteiger partial charge in [0.05, 0.1) is 15.7 Å². The number of halogens is 1. The van der Waals surface area contributed by atoms with Gasteiger partial charge < -0.3 is 14.8 Å². The average molecular weight is 373 g/mol. The fraction of sp³-hybridized carbons (Fsp3) is 0.111. The predicted molar refractivity (Wildman–Crippen MR) is 97.8 cm³/mol. The molecule has 3 aromatic rings. The molecule has 1 amide bonds. The van der Waals surface area contributed by atoms with Crippen molar-refractivity contribution >= 4 is 34.5 Å². The molecule has 0 fully saturated rings. The molecule has 5 nitrogen and oxygen atoms in total. The van der Waals surface area contributed by atoms with Crippen molar-refractivity contribution in [3.05, 3.63) is 57.4 Å². The van der Waals surface area contributed by atoms with Crippen LogP contribution in [0.3, 0.4) is 0 Å². The van der Waals surface area contributed by atoms with Crippen LogP contribution in [0.2, 0.25) is 5.02 Å². The second-order valence-corrected chi connectivity index (χ2v) is 6.95. The van der Waals surface area contributed by atoms with Gasteiger partial charge in [-0.05, 0) is 31.2 Å². The van der Waals surface area contributed by atoms with Crippen molar-refractivity contribution in [3.63, 3.8) is 0 Å². The fourth-order valence-corrected chi connectivity index (χ4v) is 3.44. The van der Waals surface area contributed by atoms with Gasteiger partial charge in [-0.25, -0.2) is 4.98 Å². The number of aromatic nitrogens is 1. The summed E-state index contributed by atoms with van der Waals surface area (Å²) in [4.78, 5) is 17.0. The van der Waals surface area contributed by atoms with E-state index in [0.717, 1.165) is 16.3 Å². The summed E-state index contributed by atoms with van der Waals surface area (Å²) in [5.41, 5.74) is 2.93. The van der Waals surface area contributed by atoms with Crippen LogP contribution in [0.15, 0.2) is 41.8 Å². The van der Waals surface area contributed by atoms with E-state index in [1.807, 2.05) is 36.6 Å². The summed E-state index contributed by atoms with van der Waals surface area (Å²) in [6.45, 7) is 2.07. The first-order chi connectivity index (χ1) is 12.1. The molecule has 4 rings (SSSR count). The summed E-state index contributed by atoms with van der Waals surface area (Å²) >= 11 is 7.73. The summed E-state index contributed by atoms with van der Waals surface area (Å²) in [6.07, 6.45) is 0. The van der Waals surface area contributed by atoms with Crippen LogP contribution in [-0.4, -0.2) is 17.7 Å². The standard InChI is InChI=1S/C18H13ClN2O3S/c1-10-20-15(8-25-10)11-3-2-4-13(5-11)21-18(22)12-6-14(19)17-16(7-12)23-9-24-17/h2-8H,9H2,1H3,(H,21,22). The van der Waals surface area contributed by atoms with E-state index in [1.54, 1.807) is 23.5 Å². The van der Waals surface area contributed by atoms with E-state index < -0.39 is 0 Å². The molecule has 2 aromatic carbocycles. The summed E-state index contributed by atoms with van der Waals surface area (Å²) in [5.74, 6) is 0.676. The number of anilines is 1. The molecular weight excluding hydrogens is 360 g/mol. The van der Waals surface area contributed by atoms with E-state index in [1.165, 1.54) is 0 Å². The van der Waals surface area contributed by atoms with Crippen molar-refractivity contribution < 1.29 is 14.3 Å². The molecule has 0 radical (unpaired) electrons. The number of hydrogen-bond donors (Lipinski definition) is 1. The third-order valence-corrected chi connectivity index (χ3v) is 4.78. The van der Waals surface area contributed by atoms with Crippen molar-refractivity contribution in [3.8, 4) is 22.8 Å². The third kappa shape index (κ3) is 3.18. The number of carbonyl (C=O) groups excluding carboxylic acids is 1. The van der Waals surface area contributed by atoms with Crippen LogP contribution < -0.4 is 14.8 Å². The Hall–Kier alpha value is -2.57. The number of nitrogens with zero attached hydrogens (tertiary/aromatic N) is 1. The lowest BCUT2D eigenvalue weighted by Gasteiger charge is -2.08. The zero-order valence-corrected chi connectivity index (χ0v) is 14.8. The molecule has 7 heteroatoms. The van der Waals surface area contributed by atoms with Crippen LogP contribution in [-0.2, 0) is 0 Å². The maximum absolute atomic E-state index is 12.5. The van der Waals surface area contributed by atoms with Crippen molar-refractivity contribution in [1.82, 2.24) is 4.98 Å². The SMILES string of the molecule is Cc1nc(-c2cccc(NC(=O)c3cc(Cl)c4c(c3)OCO4)c2)cs1. The van der Waals surface area contributed by atoms with E-state index in [9.17, 15) is 4.79 Å². The van der Waals surface area contributed by atoms with Gasteiger partial charge in [0.15, 0.2) is 11.5 Å². The Bertz CT molecular complexity index is 971. The molecule has 1 aliphatic rings. The fourth-order valence-electron chi connectivity index (χ4n) is 2.55. The first-order valence-corrected chi connectivity index (χ1v) is 8.79. The zero-order valence-electron chi connectivity index (χ0n) is 13.2. The zero-order chi connectivity index (χ0) is 17.4. The Morgan fingerprint density at radius 2 is 2.16 bits per heavy atom. The Kier molecular flexibility index (Phi) is 4.07. The minimum absolute atomic E-state index is 0.106. The maximum Gasteiger partial charge on any atom is 0.255 e. The van der Waals surface area contributed by atoms with Crippen molar-refractivity contribution in [2.75, 3.05) is 12.1 Å². The van der Waals surface area contributed by atoms with E-state index in [2.05, 4.69) is 10.3 Å². The maximum atomic E-state index is 12.5. The number of aryl methyl sites for hydroxylation is 1. The number of amides is 1. The van der Waals surface area contributed by atoms with Crippen LogP contribution >= 0.6 is 22.9 Å². The minimum atomic E-state index is -0.271. The van der Waals surface area contributed by atoms with Gasteiger partial charge in [-0.15, -0.1) is 11.3 Å². The molecule has 0 saturated heterocycles. The van der Waals surface area contributed by atoms with E-state index >= 15 is 0 Å². The summed E-state index contributed by atoms with van der Waals surface area (Å²) in [6, 6.07) is 10.7. The van der Waals surface area contributed by atoms with Crippen molar-refractivity contribution in [1.29, 1.82) is 0 Å². The molecule has 0 aliphatic carbocycles. The van der Waals surface area contributed by atoms with Crippen LogP contribution in [0.5, 0.6) is 11.5 Å². The highest BCUT2D eigenvalue weighted by Gasteiger charge is 2.20. The summed E-state index contributed by atoms with van der Waals surface area (Å²) < 4.78 is 10.6. The van der Waals surface area contributed by atoms with Crippen molar-refractivity contribution in [2.45, 2.75) is 6.92 Å². The highest BCUT2D eigenvalue weighted by atomic mass is 35.5. The largest absolute Gasteiger partial charge is 0.454 e. The monoisotopic (exact) mass is 372 g/mol. The molecule has 25 heavy (non-hydrogen) atoms. The highest BCUT2D eigenvalue weighted by Crippen LogP contribution is 2.40. The number of hydrogen-bond acceptors (Lipinski definition) is 5. The van der Waals surface area contributed by atoms with Gasteiger partial charge in [-0.3, -0.25) is 4.79 Å². The second kappa shape index (κ2) is 6.38. The molecule has 126 valence electrons. The van der Waals surface area contributed by atoms with Crippen molar-refractivity contribution in [2.24, 2.45) is 0 Å². The number of fused-ring (bicyclic) bond motifs is 1. The first-order valence-electron chi connectivity index (χ1n) is 7.53. The Morgan fingerprint density at radius 1 is 1.28 bits per heavy atom. The van der Waals surface area contributed by atoms with Gasteiger partial charge in [0.25, 0.3) is 5.91 Å². The van der Waals surface area contributed by atoms with Crippen LogP contribution in [0.1, 0.15) is 15.4 Å². The molecule has 0 atom stereocenters. The Labute approximate surface area is 153 Å². The summed E-state index contributed by atoms with van der Waals surface area (Å²) in [5, 5.41) is 6.22. The van der Waals surface area contributed by atoms with E-state index in [-0.39, 0.29) is 12.7 Å². The molecule has 0 saturated carbocycles. The molecule has 1 aliphatic heterocycles. The lowest BCUT2D eigenvalue weighted by atomic mass is 10.1. The second-order valence-electron chi connectivity index (χ2n) is 5.48. The van der Waals surface area contributed by atoms with Gasteiger partial charge in [0.1, 0.15) is 0 Å². The first kappa shape index (κ1) is 15.9. The van der Waals surface area contributed by atoms with Crippen LogP contribution in [0.25, 0.3) is 11.3 Å². The molecule has 0 unspecified atom stereocenters. The third-order valence-electron chi connectivity index (χ3n) is 3.72. The molecule has 1 aromatic heterocycles. The van der Waals surface area contributed by atoms with Gasteiger partial charge in [0.2, 0.25) is 6.79 Å². The normalized spacial score (nSPS) is 12.2. The highest BCUT2D eigenvalue weighted by molar-refractivity contribution is 7.09. The number of nitrogens with one attached hydrogen (secondary N) is 1. The summed E-state index contributed by atoms with van der Waals surface area (Å²) in [7, 11) is 0. The lowest BCUT2D eigenvalue weighted by Crippen LogP contribution is -2.11. The van der Waals surface area contributed by atoms with Crippen LogP contribution in [0.4, 0.5) is 5.69 Å². The molecular formula is C18H13ClN2O3S. The molecule has 1 N–H and O–H groups in total. The minimum Gasteiger partial charge on any atom is -0.454 e. The van der Waals surface area contributed by atoms with Gasteiger partial charge >= 0.3 is 0 Å². The smallest absolute Gasteiger partial charge is 0.255 e. The quantitative estimate of drug-likeness (QED) is 0.720. The predicted octanol–water partition coefficient (Wildman–Crippen LogP) is 4.75.